The molecule has 0 bridgehead atoms. The first-order valence-electron chi connectivity index (χ1n) is 16.2. The summed E-state index contributed by atoms with van der Waals surface area (Å²) in [7, 11) is 0. The van der Waals surface area contributed by atoms with Gasteiger partial charge in [-0.25, -0.2) is 14.6 Å². The average Bonchev–Trinajstić information content (AvgIpc) is 3.75. The van der Waals surface area contributed by atoms with E-state index >= 15 is 0 Å². The molecule has 284 valence electrons. The number of aromatic nitrogens is 1. The minimum absolute atomic E-state index is 0.0171. The van der Waals surface area contributed by atoms with Crippen molar-refractivity contribution >= 4 is 81.0 Å². The molecular formula is C32H37ClN7O11S2+. The zero-order chi connectivity index (χ0) is 39.0. The number of ketones is 1. The van der Waals surface area contributed by atoms with E-state index in [-0.39, 0.29) is 35.2 Å². The zero-order valence-electron chi connectivity index (χ0n) is 28.6. The molecular weight excluding hydrogens is 758 g/mol. The summed E-state index contributed by atoms with van der Waals surface area (Å²) in [6.07, 6.45) is 1.65. The lowest BCUT2D eigenvalue weighted by Crippen LogP contribution is -2.72. The van der Waals surface area contributed by atoms with Gasteiger partial charge in [0.1, 0.15) is 29.4 Å². The Labute approximate surface area is 315 Å². The van der Waals surface area contributed by atoms with E-state index in [0.717, 1.165) is 41.2 Å². The second-order valence-electron chi connectivity index (χ2n) is 13.2. The molecule has 0 unspecified atom stereocenters. The number of phenolic OH excluding ortho intramolecular Hbond substituents is 2. The number of thioether (sulfide) groups is 1. The van der Waals surface area contributed by atoms with E-state index in [9.17, 15) is 49.2 Å². The molecule has 18 nitrogen and oxygen atoms in total. The van der Waals surface area contributed by atoms with Crippen molar-refractivity contribution in [3.63, 3.8) is 0 Å². The van der Waals surface area contributed by atoms with Gasteiger partial charge in [-0.3, -0.25) is 24.1 Å². The van der Waals surface area contributed by atoms with E-state index in [1.165, 1.54) is 31.0 Å². The largest absolute Gasteiger partial charge is 0.504 e. The molecule has 2 aromatic rings. The third kappa shape index (κ3) is 7.90. The number of fused-ring (bicyclic) bond motifs is 1. The Morgan fingerprint density at radius 3 is 2.43 bits per heavy atom. The third-order valence-electron chi connectivity index (χ3n) is 9.21. The first kappa shape index (κ1) is 39.3. The first-order chi connectivity index (χ1) is 24.9. The number of Topliss-reactive ketones (excluding diaryl/α,β-unsaturated/α-hetero) is 1. The molecule has 2 fully saturated rings. The number of anilines is 1. The number of aliphatic carboxylic acids is 2. The fourth-order valence-electron chi connectivity index (χ4n) is 6.23. The number of phenols is 2. The Morgan fingerprint density at radius 1 is 1.15 bits per heavy atom. The first-order valence-corrected chi connectivity index (χ1v) is 18.4. The zero-order valence-corrected chi connectivity index (χ0v) is 31.0. The molecule has 21 heteroatoms. The maximum absolute atomic E-state index is 13.6. The highest BCUT2D eigenvalue weighted by Crippen LogP contribution is 2.45. The van der Waals surface area contributed by atoms with Gasteiger partial charge in [0.2, 0.25) is 5.60 Å². The van der Waals surface area contributed by atoms with Crippen LogP contribution in [0.25, 0.3) is 0 Å². The minimum atomic E-state index is -1.81. The van der Waals surface area contributed by atoms with Crippen molar-refractivity contribution in [3.8, 4) is 11.5 Å². The maximum Gasteiger partial charge on any atom is 0.352 e. The van der Waals surface area contributed by atoms with Gasteiger partial charge in [0.25, 0.3) is 23.5 Å². The lowest BCUT2D eigenvalue weighted by molar-refractivity contribution is -0.911. The molecule has 1 aromatic carbocycles. The molecule has 3 aliphatic heterocycles. The van der Waals surface area contributed by atoms with Gasteiger partial charge in [-0.15, -0.1) is 23.1 Å². The van der Waals surface area contributed by atoms with Gasteiger partial charge in [-0.05, 0) is 32.9 Å². The summed E-state index contributed by atoms with van der Waals surface area (Å²) in [6.45, 7) is 6.17. The smallest absolute Gasteiger partial charge is 0.352 e. The molecule has 0 spiro atoms. The number of hydrogen-bond acceptors (Lipinski definition) is 14. The topological polar surface area (TPSA) is 271 Å². The highest BCUT2D eigenvalue weighted by molar-refractivity contribution is 8.00. The number of rotatable bonds is 14. The summed E-state index contributed by atoms with van der Waals surface area (Å²) in [6, 6.07) is 1.00. The predicted molar refractivity (Wildman–Crippen MR) is 191 cm³/mol. The maximum atomic E-state index is 13.6. The molecule has 53 heavy (non-hydrogen) atoms. The number of aromatic hydroxyl groups is 2. The van der Waals surface area contributed by atoms with Crippen molar-refractivity contribution in [2.75, 3.05) is 38.5 Å². The standard InChI is InChI=1S/C32H36ClN7O11S2/c1-14-16(12-40(9-4-5-10-40)11-8-35-26(45)23(42)15-6-7-18(41)24(43)19(15)33)22(29(47)48)39-27(46)21(28(39)53-14)37-25(44)20(17-13-52-31(34)36-17)38-51-32(2,3)30(49)50/h6-7,13-14,21,28H,4-5,8-12H2,1-3H3,(H7-,34,35,36,37,38,41,42,43,44,45,47,48,49,50)/p+1/t14-,21+,28+/m0/s1. The van der Waals surface area contributed by atoms with Crippen molar-refractivity contribution in [1.82, 2.24) is 20.5 Å². The summed E-state index contributed by atoms with van der Waals surface area (Å²) in [4.78, 5) is 87.2. The van der Waals surface area contributed by atoms with Crippen LogP contribution in [0, 0.1) is 0 Å². The molecule has 0 saturated carbocycles. The van der Waals surface area contributed by atoms with Crippen LogP contribution < -0.4 is 16.4 Å². The fraction of sp³-hybridized carbons (Fsp3) is 0.438. The molecule has 3 aliphatic rings. The van der Waals surface area contributed by atoms with E-state index in [1.807, 2.05) is 0 Å². The van der Waals surface area contributed by atoms with Crippen LogP contribution in [-0.4, -0.2) is 131 Å². The quantitative estimate of drug-likeness (QED) is 0.0269. The number of carbonyl (C=O) groups excluding carboxylic acids is 4. The van der Waals surface area contributed by atoms with E-state index in [0.29, 0.717) is 29.7 Å². The number of carbonyl (C=O) groups is 6. The third-order valence-corrected chi connectivity index (χ3v) is 11.7. The Bertz CT molecular complexity index is 1940. The summed E-state index contributed by atoms with van der Waals surface area (Å²) >= 11 is 8.23. The van der Waals surface area contributed by atoms with Crippen molar-refractivity contribution in [2.45, 2.75) is 55.9 Å². The average molecular weight is 795 g/mol. The molecule has 0 radical (unpaired) electrons. The number of oxime groups is 1. The molecule has 0 aliphatic carbocycles. The number of nitrogens with one attached hydrogen (secondary N) is 2. The number of nitrogens with two attached hydrogens (primary N) is 1. The summed E-state index contributed by atoms with van der Waals surface area (Å²) in [5.41, 5.74) is 3.48. The van der Waals surface area contributed by atoms with Crippen LogP contribution in [0.2, 0.25) is 5.02 Å². The number of β-lactam (4-membered cyclic amide) rings is 1. The lowest BCUT2D eigenvalue weighted by atomic mass is 9.99. The van der Waals surface area contributed by atoms with Crippen LogP contribution in [-0.2, 0) is 28.8 Å². The predicted octanol–water partition coefficient (Wildman–Crippen LogP) is 1.11. The number of carboxylic acid groups (broad SMARTS) is 2. The van der Waals surface area contributed by atoms with Crippen molar-refractivity contribution in [2.24, 2.45) is 5.16 Å². The van der Waals surface area contributed by atoms with Gasteiger partial charge >= 0.3 is 11.9 Å². The van der Waals surface area contributed by atoms with Gasteiger partial charge in [-0.2, -0.15) is 0 Å². The summed E-state index contributed by atoms with van der Waals surface area (Å²) < 4.78 is 0.377. The monoisotopic (exact) mass is 794 g/mol. The molecule has 4 heterocycles. The summed E-state index contributed by atoms with van der Waals surface area (Å²) in [5.74, 6) is -7.54. The number of benzene rings is 1. The molecule has 3 amide bonds. The number of amides is 3. The highest BCUT2D eigenvalue weighted by atomic mass is 35.5. The van der Waals surface area contributed by atoms with E-state index < -0.39 is 79.9 Å². The van der Waals surface area contributed by atoms with Crippen molar-refractivity contribution in [3.05, 3.63) is 45.1 Å². The second kappa shape index (κ2) is 15.2. The molecule has 2 saturated heterocycles. The lowest BCUT2D eigenvalue weighted by Gasteiger charge is -2.51. The Kier molecular flexibility index (Phi) is 11.3. The van der Waals surface area contributed by atoms with E-state index in [2.05, 4.69) is 20.8 Å². The SMILES string of the molecule is C[C@@H]1S[C@@H]2[C@H](NC(=O)/C(=N\OC(C)(C)C(=O)O)c3csc(N)n3)C(=O)N2C(C(=O)O)=C1C[N+]1(CCNC(=O)C(=O)c2ccc(O)c(O)c2Cl)CCCC1. The van der Waals surface area contributed by atoms with Crippen LogP contribution in [0.15, 0.2) is 33.9 Å². The Hall–Kier alpha value is -4.92. The Balaban J connectivity index is 1.31. The minimum Gasteiger partial charge on any atom is -0.504 e. The Morgan fingerprint density at radius 2 is 1.83 bits per heavy atom. The highest BCUT2D eigenvalue weighted by Gasteiger charge is 2.57. The molecule has 1 aromatic heterocycles. The van der Waals surface area contributed by atoms with Crippen molar-refractivity contribution in [1.29, 1.82) is 0 Å². The molecule has 3 atom stereocenters. The van der Waals surface area contributed by atoms with E-state index in [1.54, 1.807) is 6.92 Å². The number of nitrogens with zero attached hydrogens (tertiary/aromatic N) is 4. The normalized spacial score (nSPS) is 21.1. The van der Waals surface area contributed by atoms with Gasteiger partial charge in [0, 0.05) is 29.0 Å². The molecule has 8 N–H and O–H groups in total. The van der Waals surface area contributed by atoms with Crippen LogP contribution in [0.1, 0.15) is 49.7 Å². The fourth-order valence-corrected chi connectivity index (χ4v) is 8.47. The van der Waals surface area contributed by atoms with Gasteiger partial charge in [0.05, 0.1) is 36.8 Å². The van der Waals surface area contributed by atoms with Gasteiger partial charge in [0.15, 0.2) is 22.3 Å². The number of nitrogen functional groups attached to an aromatic ring is 1. The number of halogens is 1. The van der Waals surface area contributed by atoms with Crippen LogP contribution >= 0.6 is 34.7 Å². The van der Waals surface area contributed by atoms with Gasteiger partial charge < -0.3 is 46.1 Å². The number of carboxylic acids is 2. The second-order valence-corrected chi connectivity index (χ2v) is 15.9. The van der Waals surface area contributed by atoms with Crippen LogP contribution in [0.4, 0.5) is 5.13 Å². The molecule has 5 rings (SSSR count). The van der Waals surface area contributed by atoms with E-state index in [4.69, 9.17) is 22.2 Å². The number of thiazole rings is 1. The number of likely N-dealkylation sites (tertiary alicyclic amines) is 1. The summed E-state index contributed by atoms with van der Waals surface area (Å²) in [5, 5.41) is 48.0. The number of quaternary nitrogens is 1. The van der Waals surface area contributed by atoms with Crippen LogP contribution in [0.5, 0.6) is 11.5 Å². The van der Waals surface area contributed by atoms with Crippen LogP contribution in [0.3, 0.4) is 0 Å². The van der Waals surface area contributed by atoms with Gasteiger partial charge in [-0.1, -0.05) is 16.8 Å². The van der Waals surface area contributed by atoms with Crippen molar-refractivity contribution < 1.29 is 58.5 Å². The number of hydrogen-bond donors (Lipinski definition) is 7.